The van der Waals surface area contributed by atoms with Gasteiger partial charge in [0.15, 0.2) is 0 Å². The predicted molar refractivity (Wildman–Crippen MR) is 253 cm³/mol. The van der Waals surface area contributed by atoms with Crippen LogP contribution in [0.1, 0.15) is 155 Å². The first-order valence-corrected chi connectivity index (χ1v) is 24.8. The van der Waals surface area contributed by atoms with Gasteiger partial charge in [-0.1, -0.05) is 94.9 Å². The van der Waals surface area contributed by atoms with Crippen LogP contribution in [0.2, 0.25) is 0 Å². The molecule has 1 saturated carbocycles. The molecule has 368 valence electrons. The number of nitrogens with one attached hydrogen (secondary N) is 1. The van der Waals surface area contributed by atoms with Crippen LogP contribution in [0.4, 0.5) is 9.59 Å². The molecule has 1 heterocycles. The number of rotatable bonds is 31. The summed E-state index contributed by atoms with van der Waals surface area (Å²) in [5.41, 5.74) is 1.74. The highest BCUT2D eigenvalue weighted by Gasteiger charge is 2.65. The van der Waals surface area contributed by atoms with Crippen molar-refractivity contribution >= 4 is 17.9 Å². The quantitative estimate of drug-likeness (QED) is 0.0317. The Kier molecular flexibility index (Phi) is 23.6. The van der Waals surface area contributed by atoms with Crippen LogP contribution in [0.3, 0.4) is 0 Å². The Balaban J connectivity index is 1.80. The number of hydrogen-bond donors (Lipinski definition) is 4. The first-order valence-electron chi connectivity index (χ1n) is 24.8. The van der Waals surface area contributed by atoms with E-state index in [2.05, 4.69) is 24.9 Å². The zero-order chi connectivity index (χ0) is 47.1. The second-order valence-corrected chi connectivity index (χ2v) is 18.7. The van der Waals surface area contributed by atoms with Crippen LogP contribution in [0, 0.1) is 17.8 Å². The molecule has 2 amide bonds. The van der Waals surface area contributed by atoms with Gasteiger partial charge < -0.3 is 49.2 Å². The molecule has 0 bridgehead atoms. The van der Waals surface area contributed by atoms with Gasteiger partial charge in [0.2, 0.25) is 5.79 Å². The number of aliphatic hydroxyl groups excluding tert-OH is 3. The number of benzene rings is 1. The number of oxime groups is 1. The number of ether oxygens (including phenoxy) is 5. The summed E-state index contributed by atoms with van der Waals surface area (Å²) in [7, 11) is 0. The minimum absolute atomic E-state index is 0.0174. The molecule has 4 rings (SSSR count). The number of nitrogens with zero attached hydrogens (tertiary/aromatic N) is 2. The summed E-state index contributed by atoms with van der Waals surface area (Å²) < 4.78 is 31.7. The topological polar surface area (TPSA) is 178 Å². The average molecular weight is 914 g/mol. The zero-order valence-corrected chi connectivity index (χ0v) is 40.4. The number of fused-ring (bicyclic) bond motifs is 2. The fraction of sp³-hybridized carbons (Fsp3) is 0.745. The van der Waals surface area contributed by atoms with E-state index in [9.17, 15) is 24.9 Å². The van der Waals surface area contributed by atoms with Crippen molar-refractivity contribution in [3.63, 3.8) is 0 Å². The SMILES string of the molecule is C=CCO[C@@]12Oc3ccc(OC(=O)NCCCCCCCCCCCC)cc3[C@H]3[C@H](CCCCO)[C@@H](CCCCO)C=C(C(=NOC(C)(C)C)C[C@@H]1N(CCOCCO)C(=O)OCC)[C@H]32. The van der Waals surface area contributed by atoms with Gasteiger partial charge in [0.1, 0.15) is 23.1 Å². The second-order valence-electron chi connectivity index (χ2n) is 18.7. The highest BCUT2D eigenvalue weighted by atomic mass is 16.7. The number of aliphatic hydroxyl groups is 3. The van der Waals surface area contributed by atoms with Crippen LogP contribution >= 0.6 is 0 Å². The van der Waals surface area contributed by atoms with Gasteiger partial charge >= 0.3 is 12.2 Å². The zero-order valence-electron chi connectivity index (χ0n) is 40.4. The fourth-order valence-electron chi connectivity index (χ4n) is 9.76. The van der Waals surface area contributed by atoms with Crippen molar-refractivity contribution < 1.29 is 53.4 Å². The number of carbonyl (C=O) groups excluding carboxylic acids is 2. The van der Waals surface area contributed by atoms with Crippen molar-refractivity contribution in [2.75, 3.05) is 59.3 Å². The molecule has 1 fully saturated rings. The molecule has 0 spiro atoms. The molecule has 1 aliphatic heterocycles. The van der Waals surface area contributed by atoms with Crippen LogP contribution in [-0.2, 0) is 19.0 Å². The third-order valence-corrected chi connectivity index (χ3v) is 12.7. The van der Waals surface area contributed by atoms with Crippen molar-refractivity contribution in [2.24, 2.45) is 22.9 Å². The van der Waals surface area contributed by atoms with E-state index in [1.54, 1.807) is 24.0 Å². The van der Waals surface area contributed by atoms with Gasteiger partial charge in [0.25, 0.3) is 0 Å². The van der Waals surface area contributed by atoms with Gasteiger partial charge in [0, 0.05) is 44.2 Å². The Labute approximate surface area is 389 Å². The normalized spacial score (nSPS) is 22.9. The maximum atomic E-state index is 14.2. The van der Waals surface area contributed by atoms with Crippen LogP contribution in [0.5, 0.6) is 11.5 Å². The largest absolute Gasteiger partial charge is 0.459 e. The maximum absolute atomic E-state index is 14.2. The van der Waals surface area contributed by atoms with Crippen molar-refractivity contribution in [1.82, 2.24) is 10.2 Å². The molecule has 6 atom stereocenters. The summed E-state index contributed by atoms with van der Waals surface area (Å²) >= 11 is 0. The number of amides is 2. The highest BCUT2D eigenvalue weighted by molar-refractivity contribution is 6.03. The van der Waals surface area contributed by atoms with E-state index in [1.165, 1.54) is 44.9 Å². The third-order valence-electron chi connectivity index (χ3n) is 12.7. The average Bonchev–Trinajstić information content (AvgIpc) is 3.28. The molecule has 2 aliphatic carbocycles. The standard InChI is InChI=1S/C51H83N3O11/c1-7-10-11-12-13-14-15-16-17-20-27-52-48(58)63-39-25-26-44-42(36-39)46-40(24-19-22-30-56)38(23-18-21-29-55)35-41-43(53-65-50(4,5)6)37-45(51(64-44,47(41)46)62-32-8-2)54(49(59)61-9-3)28-33-60-34-31-57/h8,25-26,35-36,38,40,45-47,55-57H,2,7,9-24,27-34,37H2,1,3-6H3,(H,52,58)/t38-,40+,45-,46+,47+,51+/m0/s1. The molecule has 1 aromatic carbocycles. The highest BCUT2D eigenvalue weighted by Crippen LogP contribution is 2.62. The van der Waals surface area contributed by atoms with E-state index in [0.717, 1.165) is 56.1 Å². The molecule has 14 heteroatoms. The minimum Gasteiger partial charge on any atom is -0.459 e. The maximum Gasteiger partial charge on any atom is 0.412 e. The molecular weight excluding hydrogens is 831 g/mol. The Morgan fingerprint density at radius 2 is 1.62 bits per heavy atom. The van der Waals surface area contributed by atoms with Gasteiger partial charge in [-0.05, 0) is 95.4 Å². The van der Waals surface area contributed by atoms with Crippen LogP contribution < -0.4 is 14.8 Å². The number of carbonyl (C=O) groups is 2. The summed E-state index contributed by atoms with van der Waals surface area (Å²) in [6.07, 6.45) is 19.5. The molecule has 0 saturated heterocycles. The number of hydrogen-bond acceptors (Lipinski definition) is 12. The summed E-state index contributed by atoms with van der Waals surface area (Å²) in [5.74, 6) is -1.44. The first kappa shape index (κ1) is 53.9. The Morgan fingerprint density at radius 3 is 2.26 bits per heavy atom. The summed E-state index contributed by atoms with van der Waals surface area (Å²) in [4.78, 5) is 35.3. The monoisotopic (exact) mass is 914 g/mol. The van der Waals surface area contributed by atoms with Crippen LogP contribution in [0.15, 0.2) is 47.7 Å². The van der Waals surface area contributed by atoms with E-state index in [-0.39, 0.29) is 77.0 Å². The van der Waals surface area contributed by atoms with Crippen molar-refractivity contribution in [3.05, 3.63) is 48.1 Å². The lowest BCUT2D eigenvalue weighted by atomic mass is 9.55. The second kappa shape index (κ2) is 28.5. The molecule has 0 unspecified atom stereocenters. The van der Waals surface area contributed by atoms with E-state index >= 15 is 0 Å². The molecule has 3 aliphatic rings. The van der Waals surface area contributed by atoms with E-state index in [1.807, 2.05) is 32.9 Å². The molecule has 14 nitrogen and oxygen atoms in total. The molecule has 65 heavy (non-hydrogen) atoms. The van der Waals surface area contributed by atoms with E-state index in [0.29, 0.717) is 36.6 Å². The van der Waals surface area contributed by atoms with Gasteiger partial charge in [-0.25, -0.2) is 9.59 Å². The Bertz CT molecular complexity index is 1650. The third kappa shape index (κ3) is 16.0. The smallest absolute Gasteiger partial charge is 0.412 e. The molecule has 0 aromatic heterocycles. The van der Waals surface area contributed by atoms with Crippen molar-refractivity contribution in [1.29, 1.82) is 0 Å². The molecular formula is C51H83N3O11. The summed E-state index contributed by atoms with van der Waals surface area (Å²) in [5, 5.41) is 37.2. The number of allylic oxidation sites excluding steroid dienone is 1. The fourth-order valence-corrected chi connectivity index (χ4v) is 9.76. The number of unbranched alkanes of at least 4 members (excludes halogenated alkanes) is 11. The van der Waals surface area contributed by atoms with E-state index in [4.69, 9.17) is 33.7 Å². The van der Waals surface area contributed by atoms with Crippen molar-refractivity contribution in [2.45, 2.75) is 167 Å². The minimum atomic E-state index is -1.50. The van der Waals surface area contributed by atoms with Crippen LogP contribution in [0.25, 0.3) is 0 Å². The van der Waals surface area contributed by atoms with Gasteiger partial charge in [-0.15, -0.1) is 6.58 Å². The Morgan fingerprint density at radius 1 is 0.923 bits per heavy atom. The van der Waals surface area contributed by atoms with Gasteiger partial charge in [-0.3, -0.25) is 4.90 Å². The lowest BCUT2D eigenvalue weighted by Gasteiger charge is -2.59. The molecule has 0 radical (unpaired) electrons. The van der Waals surface area contributed by atoms with Gasteiger partial charge in [-0.2, -0.15) is 0 Å². The predicted octanol–water partition coefficient (Wildman–Crippen LogP) is 9.60. The lowest BCUT2D eigenvalue weighted by Crippen LogP contribution is -2.70. The molecule has 4 N–H and O–H groups in total. The summed E-state index contributed by atoms with van der Waals surface area (Å²) in [6.45, 7) is 14.8. The lowest BCUT2D eigenvalue weighted by molar-refractivity contribution is -0.256. The Hall–Kier alpha value is -3.69. The van der Waals surface area contributed by atoms with Crippen molar-refractivity contribution in [3.8, 4) is 11.5 Å². The first-order chi connectivity index (χ1) is 31.5. The van der Waals surface area contributed by atoms with E-state index < -0.39 is 35.5 Å². The van der Waals surface area contributed by atoms with Crippen LogP contribution in [-0.4, -0.2) is 115 Å². The summed E-state index contributed by atoms with van der Waals surface area (Å²) in [6, 6.07) is 4.65. The van der Waals surface area contributed by atoms with Gasteiger partial charge in [0.05, 0.1) is 44.7 Å². The molecule has 1 aromatic rings.